The first kappa shape index (κ1) is 14.1. The first-order valence-electron chi connectivity index (χ1n) is 6.89. The molecule has 0 spiro atoms. The summed E-state index contributed by atoms with van der Waals surface area (Å²) in [6.07, 6.45) is 4.41. The van der Waals surface area contributed by atoms with E-state index in [0.29, 0.717) is 25.4 Å². The highest BCUT2D eigenvalue weighted by atomic mass is 32.1. The molecule has 0 bridgehead atoms. The predicted molar refractivity (Wildman–Crippen MR) is 81.6 cm³/mol. The third-order valence-electron chi connectivity index (χ3n) is 3.50. The van der Waals surface area contributed by atoms with Crippen molar-refractivity contribution >= 4 is 23.1 Å². The standard InChI is InChI=1S/C14H18N4O2S/c1-20-6-5-18-10-12(8-15-18)16-14(19)17-4-2-13-11(9-17)3-7-21-13/h3,7-8,10H,2,4-6,9H2,1H3,(H,16,19). The lowest BCUT2D eigenvalue weighted by molar-refractivity contribution is 0.183. The number of hydrogen-bond donors (Lipinski definition) is 1. The zero-order valence-electron chi connectivity index (χ0n) is 11.9. The largest absolute Gasteiger partial charge is 0.383 e. The molecular formula is C14H18N4O2S. The van der Waals surface area contributed by atoms with Gasteiger partial charge in [-0.3, -0.25) is 4.68 Å². The molecule has 6 nitrogen and oxygen atoms in total. The number of urea groups is 1. The number of aromatic nitrogens is 2. The Balaban J connectivity index is 1.58. The van der Waals surface area contributed by atoms with E-state index in [1.54, 1.807) is 29.3 Å². The highest BCUT2D eigenvalue weighted by Gasteiger charge is 2.21. The Labute approximate surface area is 127 Å². The van der Waals surface area contributed by atoms with Crippen molar-refractivity contribution in [2.24, 2.45) is 0 Å². The van der Waals surface area contributed by atoms with Crippen LogP contribution in [0.25, 0.3) is 0 Å². The van der Waals surface area contributed by atoms with Gasteiger partial charge in [0.05, 0.1) is 25.0 Å². The summed E-state index contributed by atoms with van der Waals surface area (Å²) in [5.41, 5.74) is 1.98. The number of rotatable bonds is 4. The van der Waals surface area contributed by atoms with Crippen molar-refractivity contribution in [1.82, 2.24) is 14.7 Å². The van der Waals surface area contributed by atoms with Gasteiger partial charge in [-0.15, -0.1) is 11.3 Å². The lowest BCUT2D eigenvalue weighted by atomic mass is 10.1. The van der Waals surface area contributed by atoms with Gasteiger partial charge in [-0.25, -0.2) is 4.79 Å². The second kappa shape index (κ2) is 6.28. The van der Waals surface area contributed by atoms with Crippen LogP contribution in [0.4, 0.5) is 10.5 Å². The Morgan fingerprint density at radius 3 is 3.33 bits per heavy atom. The summed E-state index contributed by atoms with van der Waals surface area (Å²) >= 11 is 1.77. The molecule has 0 aromatic carbocycles. The zero-order chi connectivity index (χ0) is 14.7. The number of nitrogens with zero attached hydrogens (tertiary/aromatic N) is 3. The molecule has 7 heteroatoms. The maximum absolute atomic E-state index is 12.3. The molecule has 0 fully saturated rings. The van der Waals surface area contributed by atoms with E-state index < -0.39 is 0 Å². The summed E-state index contributed by atoms with van der Waals surface area (Å²) in [6.45, 7) is 2.72. The highest BCUT2D eigenvalue weighted by Crippen LogP contribution is 2.24. The lowest BCUT2D eigenvalue weighted by Gasteiger charge is -2.26. The number of methoxy groups -OCH3 is 1. The maximum atomic E-state index is 12.3. The van der Waals surface area contributed by atoms with E-state index >= 15 is 0 Å². The van der Waals surface area contributed by atoms with Gasteiger partial charge in [0.1, 0.15) is 0 Å². The number of nitrogens with one attached hydrogen (secondary N) is 1. The summed E-state index contributed by atoms with van der Waals surface area (Å²) < 4.78 is 6.76. The molecule has 21 heavy (non-hydrogen) atoms. The van der Waals surface area contributed by atoms with Crippen molar-refractivity contribution in [3.8, 4) is 0 Å². The molecule has 0 saturated heterocycles. The van der Waals surface area contributed by atoms with E-state index in [9.17, 15) is 4.79 Å². The van der Waals surface area contributed by atoms with Crippen LogP contribution in [-0.4, -0.2) is 41.0 Å². The Bertz CT molecular complexity index is 622. The fourth-order valence-electron chi connectivity index (χ4n) is 2.36. The lowest BCUT2D eigenvalue weighted by Crippen LogP contribution is -2.38. The summed E-state index contributed by atoms with van der Waals surface area (Å²) in [5, 5.41) is 9.17. The van der Waals surface area contributed by atoms with Crippen molar-refractivity contribution in [1.29, 1.82) is 0 Å². The average Bonchev–Trinajstić information content (AvgIpc) is 3.12. The molecule has 2 amide bonds. The summed E-state index contributed by atoms with van der Waals surface area (Å²) in [5.74, 6) is 0. The number of carbonyl (C=O) groups is 1. The number of ether oxygens (including phenoxy) is 1. The van der Waals surface area contributed by atoms with Crippen molar-refractivity contribution in [2.75, 3.05) is 25.6 Å². The molecule has 1 aliphatic rings. The Morgan fingerprint density at radius 1 is 1.57 bits per heavy atom. The molecule has 0 saturated carbocycles. The molecule has 3 rings (SSSR count). The highest BCUT2D eigenvalue weighted by molar-refractivity contribution is 7.10. The molecule has 2 aromatic heterocycles. The van der Waals surface area contributed by atoms with Crippen molar-refractivity contribution in [2.45, 2.75) is 19.5 Å². The quantitative estimate of drug-likeness (QED) is 0.942. The molecule has 112 valence electrons. The third kappa shape index (κ3) is 3.25. The monoisotopic (exact) mass is 306 g/mol. The Kier molecular flexibility index (Phi) is 4.21. The minimum absolute atomic E-state index is 0.0712. The van der Waals surface area contributed by atoms with Gasteiger partial charge in [0.15, 0.2) is 0 Å². The van der Waals surface area contributed by atoms with Gasteiger partial charge in [-0.1, -0.05) is 0 Å². The molecule has 0 atom stereocenters. The van der Waals surface area contributed by atoms with Crippen LogP contribution in [0.2, 0.25) is 0 Å². The number of hydrogen-bond acceptors (Lipinski definition) is 4. The minimum atomic E-state index is -0.0712. The molecule has 3 heterocycles. The van der Waals surface area contributed by atoms with E-state index in [0.717, 1.165) is 13.0 Å². The number of anilines is 1. The number of thiophene rings is 1. The zero-order valence-corrected chi connectivity index (χ0v) is 12.7. The first-order chi connectivity index (χ1) is 10.3. The van der Waals surface area contributed by atoms with E-state index in [1.807, 2.05) is 11.1 Å². The summed E-state index contributed by atoms with van der Waals surface area (Å²) in [7, 11) is 1.65. The van der Waals surface area contributed by atoms with Crippen LogP contribution < -0.4 is 5.32 Å². The summed E-state index contributed by atoms with van der Waals surface area (Å²) in [6, 6.07) is 2.03. The van der Waals surface area contributed by atoms with Gasteiger partial charge >= 0.3 is 6.03 Å². The van der Waals surface area contributed by atoms with Gasteiger partial charge in [-0.05, 0) is 23.4 Å². The third-order valence-corrected chi connectivity index (χ3v) is 4.53. The van der Waals surface area contributed by atoms with Crippen LogP contribution in [0.5, 0.6) is 0 Å². The number of amides is 2. The van der Waals surface area contributed by atoms with E-state index in [1.165, 1.54) is 10.4 Å². The predicted octanol–water partition coefficient (Wildman–Crippen LogP) is 2.18. The fraction of sp³-hybridized carbons (Fsp3) is 0.429. The van der Waals surface area contributed by atoms with Crippen molar-refractivity contribution in [3.05, 3.63) is 34.3 Å². The van der Waals surface area contributed by atoms with Gasteiger partial charge in [-0.2, -0.15) is 5.10 Å². The molecule has 0 aliphatic carbocycles. The van der Waals surface area contributed by atoms with Crippen LogP contribution in [0, 0.1) is 0 Å². The van der Waals surface area contributed by atoms with E-state index in [4.69, 9.17) is 4.74 Å². The van der Waals surface area contributed by atoms with Gasteiger partial charge < -0.3 is 15.0 Å². The SMILES string of the molecule is COCCn1cc(NC(=O)N2CCc3sccc3C2)cn1. The van der Waals surface area contributed by atoms with Crippen LogP contribution in [-0.2, 0) is 24.2 Å². The fourth-order valence-corrected chi connectivity index (χ4v) is 3.25. The summed E-state index contributed by atoms with van der Waals surface area (Å²) in [4.78, 5) is 15.5. The first-order valence-corrected chi connectivity index (χ1v) is 7.77. The van der Waals surface area contributed by atoms with Crippen LogP contribution in [0.3, 0.4) is 0 Å². The smallest absolute Gasteiger partial charge is 0.322 e. The van der Waals surface area contributed by atoms with Crippen LogP contribution >= 0.6 is 11.3 Å². The van der Waals surface area contributed by atoms with Crippen LogP contribution in [0.1, 0.15) is 10.4 Å². The number of carbonyl (C=O) groups excluding carboxylic acids is 1. The van der Waals surface area contributed by atoms with E-state index in [-0.39, 0.29) is 6.03 Å². The number of fused-ring (bicyclic) bond motifs is 1. The van der Waals surface area contributed by atoms with Crippen molar-refractivity contribution < 1.29 is 9.53 Å². The van der Waals surface area contributed by atoms with Gasteiger partial charge in [0.2, 0.25) is 0 Å². The van der Waals surface area contributed by atoms with Crippen LogP contribution in [0.15, 0.2) is 23.8 Å². The molecule has 1 N–H and O–H groups in total. The topological polar surface area (TPSA) is 59.4 Å². The van der Waals surface area contributed by atoms with Gasteiger partial charge in [0.25, 0.3) is 0 Å². The average molecular weight is 306 g/mol. The molecular weight excluding hydrogens is 288 g/mol. The van der Waals surface area contributed by atoms with Gasteiger partial charge in [0, 0.05) is 31.3 Å². The molecule has 0 radical (unpaired) electrons. The Morgan fingerprint density at radius 2 is 2.48 bits per heavy atom. The second-order valence-electron chi connectivity index (χ2n) is 4.96. The molecule has 2 aromatic rings. The Hall–Kier alpha value is -1.86. The molecule has 1 aliphatic heterocycles. The van der Waals surface area contributed by atoms with E-state index in [2.05, 4.69) is 21.9 Å². The van der Waals surface area contributed by atoms with Crippen molar-refractivity contribution in [3.63, 3.8) is 0 Å². The normalized spacial score (nSPS) is 14.0. The second-order valence-corrected chi connectivity index (χ2v) is 5.96. The minimum Gasteiger partial charge on any atom is -0.383 e. The maximum Gasteiger partial charge on any atom is 0.322 e. The molecule has 0 unspecified atom stereocenters.